The smallest absolute Gasteiger partial charge is 0.315 e. The Morgan fingerprint density at radius 2 is 1.73 bits per heavy atom. The van der Waals surface area contributed by atoms with E-state index in [1.807, 2.05) is 31.2 Å². The van der Waals surface area contributed by atoms with Gasteiger partial charge in [0.1, 0.15) is 5.69 Å². The Labute approximate surface area is 184 Å². The first-order valence-corrected chi connectivity index (χ1v) is 10.4. The Hall–Kier alpha value is -2.58. The van der Waals surface area contributed by atoms with Gasteiger partial charge in [0, 0.05) is 6.54 Å². The molecule has 0 saturated carbocycles. The second-order valence-electron chi connectivity index (χ2n) is 9.32. The molecule has 0 N–H and O–H groups in total. The van der Waals surface area contributed by atoms with Crippen LogP contribution in [-0.2, 0) is 21.5 Å². The molecular formula is C24H30ClN3O2. The highest BCUT2D eigenvalue weighted by Crippen LogP contribution is 2.36. The Morgan fingerprint density at radius 3 is 2.17 bits per heavy atom. The molecule has 0 saturated heterocycles. The minimum absolute atomic E-state index is 0.0106. The molecule has 0 atom stereocenters. The number of hydrogen-bond donors (Lipinski definition) is 0. The number of esters is 1. The quantitative estimate of drug-likeness (QED) is 0.318. The SMILES string of the molecule is [C-]#[N+]C(=C(OC(=O)C(C)(C)C)c1c(Cl)c(C)nn1CC)c1ccc(C(C)(C)C)cc1. The maximum atomic E-state index is 12.8. The van der Waals surface area contributed by atoms with E-state index < -0.39 is 11.4 Å². The number of hydrogen-bond acceptors (Lipinski definition) is 3. The molecule has 0 radical (unpaired) electrons. The summed E-state index contributed by atoms with van der Waals surface area (Å²) in [5.74, 6) is -0.302. The van der Waals surface area contributed by atoms with Crippen LogP contribution in [-0.4, -0.2) is 15.7 Å². The maximum absolute atomic E-state index is 12.8. The standard InChI is InChI=1S/C24H30ClN3O2/c1-10-28-20(18(25)15(2)27-28)21(30-22(29)24(6,7)8)19(26-9)16-11-13-17(14-12-16)23(3,4)5/h11-14H,10H2,1-8H3. The molecule has 6 heteroatoms. The van der Waals surface area contributed by atoms with Gasteiger partial charge in [0.05, 0.1) is 22.7 Å². The van der Waals surface area contributed by atoms with Gasteiger partial charge in [-0.05, 0) is 51.2 Å². The van der Waals surface area contributed by atoms with Gasteiger partial charge in [-0.15, -0.1) is 0 Å². The number of rotatable bonds is 4. The molecule has 0 unspecified atom stereocenters. The number of nitrogens with zero attached hydrogens (tertiary/aromatic N) is 3. The van der Waals surface area contributed by atoms with E-state index in [2.05, 4.69) is 30.7 Å². The minimum atomic E-state index is -0.743. The molecule has 0 amide bonds. The van der Waals surface area contributed by atoms with Crippen LogP contribution in [0.5, 0.6) is 0 Å². The Bertz CT molecular complexity index is 1010. The number of halogens is 1. The molecule has 30 heavy (non-hydrogen) atoms. The van der Waals surface area contributed by atoms with Crippen molar-refractivity contribution in [2.75, 3.05) is 0 Å². The van der Waals surface area contributed by atoms with E-state index in [1.54, 1.807) is 32.4 Å². The zero-order valence-electron chi connectivity index (χ0n) is 19.1. The van der Waals surface area contributed by atoms with Crippen LogP contribution in [0, 0.1) is 18.9 Å². The number of carbonyl (C=O) groups excluding carboxylic acids is 1. The van der Waals surface area contributed by atoms with Crippen molar-refractivity contribution in [2.24, 2.45) is 5.41 Å². The highest BCUT2D eigenvalue weighted by atomic mass is 35.5. The van der Waals surface area contributed by atoms with Gasteiger partial charge < -0.3 is 4.74 Å². The molecule has 1 aromatic carbocycles. The van der Waals surface area contributed by atoms with Gasteiger partial charge in [-0.25, -0.2) is 4.85 Å². The first-order chi connectivity index (χ1) is 13.8. The van der Waals surface area contributed by atoms with Crippen LogP contribution in [0.4, 0.5) is 0 Å². The molecule has 1 heterocycles. The molecule has 0 aliphatic heterocycles. The fourth-order valence-electron chi connectivity index (χ4n) is 2.83. The number of aromatic nitrogens is 2. The van der Waals surface area contributed by atoms with E-state index in [0.717, 1.165) is 5.56 Å². The fourth-order valence-corrected chi connectivity index (χ4v) is 3.06. The molecule has 0 aliphatic rings. The van der Waals surface area contributed by atoms with Gasteiger partial charge in [-0.1, -0.05) is 56.6 Å². The lowest BCUT2D eigenvalue weighted by molar-refractivity contribution is -0.145. The van der Waals surface area contributed by atoms with Gasteiger partial charge in [0.15, 0.2) is 5.76 Å². The van der Waals surface area contributed by atoms with Crippen molar-refractivity contribution in [2.45, 2.75) is 67.3 Å². The summed E-state index contributed by atoms with van der Waals surface area (Å²) in [6, 6.07) is 7.75. The van der Waals surface area contributed by atoms with Crippen molar-refractivity contribution in [3.63, 3.8) is 0 Å². The number of ether oxygens (including phenoxy) is 1. The molecule has 160 valence electrons. The van der Waals surface area contributed by atoms with Gasteiger partial charge in [0.25, 0.3) is 0 Å². The summed E-state index contributed by atoms with van der Waals surface area (Å²) < 4.78 is 7.49. The molecule has 0 fully saturated rings. The third-order valence-corrected chi connectivity index (χ3v) is 5.18. The van der Waals surface area contributed by atoms with E-state index in [0.29, 0.717) is 28.5 Å². The molecule has 1 aromatic heterocycles. The molecule has 2 rings (SSSR count). The lowest BCUT2D eigenvalue weighted by Crippen LogP contribution is -2.23. The largest absolute Gasteiger partial charge is 0.436 e. The Morgan fingerprint density at radius 1 is 1.17 bits per heavy atom. The second-order valence-corrected chi connectivity index (χ2v) is 9.70. The second kappa shape index (κ2) is 8.65. The highest BCUT2D eigenvalue weighted by Gasteiger charge is 2.30. The monoisotopic (exact) mass is 427 g/mol. The van der Waals surface area contributed by atoms with E-state index in [4.69, 9.17) is 22.9 Å². The predicted molar refractivity (Wildman–Crippen MR) is 122 cm³/mol. The van der Waals surface area contributed by atoms with Crippen molar-refractivity contribution in [3.8, 4) is 0 Å². The van der Waals surface area contributed by atoms with Gasteiger partial charge >= 0.3 is 5.97 Å². The topological polar surface area (TPSA) is 48.5 Å². The summed E-state index contributed by atoms with van der Waals surface area (Å²) in [5.41, 5.74) is 2.34. The van der Waals surface area contributed by atoms with Gasteiger partial charge in [-0.3, -0.25) is 9.48 Å². The predicted octanol–water partition coefficient (Wildman–Crippen LogP) is 6.50. The lowest BCUT2D eigenvalue weighted by atomic mass is 9.86. The molecular weight excluding hydrogens is 398 g/mol. The number of benzene rings is 1. The van der Waals surface area contributed by atoms with Crippen LogP contribution >= 0.6 is 11.6 Å². The van der Waals surface area contributed by atoms with E-state index in [1.165, 1.54) is 0 Å². The summed E-state index contributed by atoms with van der Waals surface area (Å²) in [7, 11) is 0. The molecule has 2 aromatic rings. The maximum Gasteiger partial charge on any atom is 0.315 e. The first kappa shape index (κ1) is 23.7. The van der Waals surface area contributed by atoms with Crippen LogP contribution in [0.15, 0.2) is 24.3 Å². The molecule has 0 bridgehead atoms. The van der Waals surface area contributed by atoms with Gasteiger partial charge in [0.2, 0.25) is 5.70 Å². The fraction of sp³-hybridized carbons (Fsp3) is 0.458. The van der Waals surface area contributed by atoms with E-state index in [-0.39, 0.29) is 16.9 Å². The zero-order chi connectivity index (χ0) is 22.9. The van der Waals surface area contributed by atoms with Crippen LogP contribution < -0.4 is 0 Å². The molecule has 0 spiro atoms. The first-order valence-electron chi connectivity index (χ1n) is 9.99. The number of carbonyl (C=O) groups is 1. The van der Waals surface area contributed by atoms with Crippen LogP contribution in [0.25, 0.3) is 16.3 Å². The van der Waals surface area contributed by atoms with Crippen molar-refractivity contribution < 1.29 is 9.53 Å². The van der Waals surface area contributed by atoms with Crippen LogP contribution in [0.3, 0.4) is 0 Å². The minimum Gasteiger partial charge on any atom is -0.436 e. The summed E-state index contributed by atoms with van der Waals surface area (Å²) in [6.07, 6.45) is 0. The van der Waals surface area contributed by atoms with E-state index >= 15 is 0 Å². The Kier molecular flexibility index (Phi) is 6.83. The molecule has 0 aliphatic carbocycles. The molecule has 5 nitrogen and oxygen atoms in total. The van der Waals surface area contributed by atoms with Gasteiger partial charge in [-0.2, -0.15) is 5.10 Å². The van der Waals surface area contributed by atoms with Crippen molar-refractivity contribution >= 4 is 29.0 Å². The summed E-state index contributed by atoms with van der Waals surface area (Å²) in [4.78, 5) is 16.5. The summed E-state index contributed by atoms with van der Waals surface area (Å²) >= 11 is 6.55. The third kappa shape index (κ3) is 4.94. The highest BCUT2D eigenvalue weighted by molar-refractivity contribution is 6.33. The van der Waals surface area contributed by atoms with E-state index in [9.17, 15) is 4.79 Å². The van der Waals surface area contributed by atoms with Crippen molar-refractivity contribution in [1.29, 1.82) is 0 Å². The summed E-state index contributed by atoms with van der Waals surface area (Å²) in [6.45, 7) is 23.8. The van der Waals surface area contributed by atoms with Crippen molar-refractivity contribution in [1.82, 2.24) is 9.78 Å². The van der Waals surface area contributed by atoms with Crippen LogP contribution in [0.2, 0.25) is 5.02 Å². The Balaban J connectivity index is 2.77. The zero-order valence-corrected chi connectivity index (χ0v) is 19.8. The summed E-state index contributed by atoms with van der Waals surface area (Å²) in [5, 5.41) is 4.81. The number of aryl methyl sites for hydroxylation is 2. The third-order valence-electron chi connectivity index (χ3n) is 4.73. The average molecular weight is 428 g/mol. The normalized spacial score (nSPS) is 12.9. The lowest BCUT2D eigenvalue weighted by Gasteiger charge is -2.21. The average Bonchev–Trinajstić information content (AvgIpc) is 2.94. The van der Waals surface area contributed by atoms with Crippen LogP contribution in [0.1, 0.15) is 71.0 Å². The van der Waals surface area contributed by atoms with Crippen molar-refractivity contribution in [3.05, 3.63) is 63.2 Å².